The van der Waals surface area contributed by atoms with Gasteiger partial charge in [0.2, 0.25) is 0 Å². The van der Waals surface area contributed by atoms with Gasteiger partial charge in [-0.15, -0.1) is 5.10 Å². The average molecular weight is 494 g/mol. The Labute approximate surface area is 206 Å². The fraction of sp³-hybridized carbons (Fsp3) is 0.250. The number of carboxylic acids is 1. The molecule has 4 aromatic rings. The summed E-state index contributed by atoms with van der Waals surface area (Å²) in [7, 11) is 0. The number of nitrogens with zero attached hydrogens (tertiary/aromatic N) is 6. The summed E-state index contributed by atoms with van der Waals surface area (Å²) < 4.78 is 1.86. The number of aryl methyl sites for hydroxylation is 1. The van der Waals surface area contributed by atoms with Crippen molar-refractivity contribution in [1.29, 1.82) is 0 Å². The normalized spacial score (nSPS) is 10.9. The fourth-order valence-electron chi connectivity index (χ4n) is 3.69. The molecule has 1 amide bonds. The third-order valence-corrected chi connectivity index (χ3v) is 5.74. The number of carbonyl (C=O) groups excluding carboxylic acids is 1. The van der Waals surface area contributed by atoms with Crippen molar-refractivity contribution in [3.05, 3.63) is 88.0 Å². The van der Waals surface area contributed by atoms with E-state index in [0.29, 0.717) is 23.7 Å². The van der Waals surface area contributed by atoms with E-state index in [-0.39, 0.29) is 24.0 Å². The highest BCUT2D eigenvalue weighted by Gasteiger charge is 2.26. The van der Waals surface area contributed by atoms with Crippen LogP contribution < -0.4 is 4.90 Å². The highest BCUT2D eigenvalue weighted by molar-refractivity contribution is 6.30. The van der Waals surface area contributed by atoms with Crippen molar-refractivity contribution in [1.82, 2.24) is 30.2 Å². The van der Waals surface area contributed by atoms with Gasteiger partial charge in [0.15, 0.2) is 0 Å². The van der Waals surface area contributed by atoms with Gasteiger partial charge in [0, 0.05) is 18.0 Å². The lowest BCUT2D eigenvalue weighted by atomic mass is 10.1. The molecule has 0 aliphatic heterocycles. The van der Waals surface area contributed by atoms with E-state index in [0.717, 1.165) is 29.8 Å². The molecule has 0 saturated heterocycles. The number of imidazole rings is 1. The molecule has 2 N–H and O–H groups in total. The van der Waals surface area contributed by atoms with E-state index in [2.05, 4.69) is 32.5 Å². The van der Waals surface area contributed by atoms with Gasteiger partial charge in [-0.25, -0.2) is 9.78 Å². The van der Waals surface area contributed by atoms with E-state index in [1.165, 1.54) is 4.90 Å². The van der Waals surface area contributed by atoms with Crippen molar-refractivity contribution < 1.29 is 14.7 Å². The van der Waals surface area contributed by atoms with Crippen LogP contribution in [0.5, 0.6) is 0 Å². The number of unbranched alkanes of at least 4 members (excludes halogenated alkanes) is 1. The molecular formula is C24H24ClN7O3. The van der Waals surface area contributed by atoms with Crippen LogP contribution in [-0.2, 0) is 19.5 Å². The smallest absolute Gasteiger partial charge is 0.335 e. The molecule has 4 rings (SSSR count). The van der Waals surface area contributed by atoms with Crippen molar-refractivity contribution in [3.63, 3.8) is 0 Å². The summed E-state index contributed by atoms with van der Waals surface area (Å²) in [5.74, 6) is -0.434. The van der Waals surface area contributed by atoms with Gasteiger partial charge in [-0.05, 0) is 47.0 Å². The number of carbonyl (C=O) groups is 2. The molecule has 180 valence electrons. The zero-order valence-electron chi connectivity index (χ0n) is 19.1. The van der Waals surface area contributed by atoms with E-state index in [1.54, 1.807) is 42.6 Å². The molecule has 0 atom stereocenters. The minimum atomic E-state index is -0.990. The Hall–Kier alpha value is -4.05. The predicted octanol–water partition coefficient (Wildman–Crippen LogP) is 3.99. The van der Waals surface area contributed by atoms with Gasteiger partial charge < -0.3 is 9.67 Å². The number of amides is 1. The molecule has 2 heterocycles. The highest BCUT2D eigenvalue weighted by Crippen LogP contribution is 2.20. The molecular weight excluding hydrogens is 470 g/mol. The Morgan fingerprint density at radius 3 is 2.60 bits per heavy atom. The van der Waals surface area contributed by atoms with Gasteiger partial charge in [-0.1, -0.05) is 54.3 Å². The van der Waals surface area contributed by atoms with E-state index >= 15 is 0 Å². The standard InChI is InChI=1S/C24H24ClN7O3/c1-2-3-7-21-26-13-20(31(21)14-16-8-10-18(11-9-16)23(34)35)22(33)32(24-27-29-30-28-24)15-17-5-4-6-19(25)12-17/h4-6,8-13H,2-3,7,14-15H2,1H3,(H,34,35)(H,27,28,29,30). The lowest BCUT2D eigenvalue weighted by Crippen LogP contribution is -2.33. The Kier molecular flexibility index (Phi) is 7.51. The number of nitrogens with one attached hydrogen (secondary N) is 1. The predicted molar refractivity (Wildman–Crippen MR) is 129 cm³/mol. The first-order chi connectivity index (χ1) is 17.0. The van der Waals surface area contributed by atoms with Crippen LogP contribution in [0.2, 0.25) is 5.02 Å². The number of anilines is 1. The quantitative estimate of drug-likeness (QED) is 0.341. The molecule has 0 saturated carbocycles. The number of aromatic nitrogens is 6. The lowest BCUT2D eigenvalue weighted by molar-refractivity contribution is 0.0696. The Bertz CT molecular complexity index is 1300. The summed E-state index contributed by atoms with van der Waals surface area (Å²) in [6.45, 7) is 2.63. The molecule has 0 bridgehead atoms. The molecule has 0 fully saturated rings. The number of halogens is 1. The second kappa shape index (κ2) is 10.9. The lowest BCUT2D eigenvalue weighted by Gasteiger charge is -2.20. The number of aromatic carboxylic acids is 1. The van der Waals surface area contributed by atoms with Gasteiger partial charge in [0.25, 0.3) is 11.9 Å². The van der Waals surface area contributed by atoms with Crippen LogP contribution in [0.3, 0.4) is 0 Å². The number of hydrogen-bond acceptors (Lipinski definition) is 6. The highest BCUT2D eigenvalue weighted by atomic mass is 35.5. The van der Waals surface area contributed by atoms with Gasteiger partial charge in [-0.2, -0.15) is 5.21 Å². The van der Waals surface area contributed by atoms with E-state index in [9.17, 15) is 14.7 Å². The summed E-state index contributed by atoms with van der Waals surface area (Å²) in [4.78, 5) is 31.0. The van der Waals surface area contributed by atoms with Crippen molar-refractivity contribution in [3.8, 4) is 0 Å². The van der Waals surface area contributed by atoms with Crippen LogP contribution in [0.15, 0.2) is 54.7 Å². The maximum atomic E-state index is 13.8. The molecule has 10 nitrogen and oxygen atoms in total. The first kappa shape index (κ1) is 24.1. The Morgan fingerprint density at radius 2 is 1.94 bits per heavy atom. The molecule has 11 heteroatoms. The van der Waals surface area contributed by atoms with Crippen LogP contribution in [0.25, 0.3) is 0 Å². The van der Waals surface area contributed by atoms with Gasteiger partial charge in [0.05, 0.1) is 18.3 Å². The van der Waals surface area contributed by atoms with Crippen molar-refractivity contribution in [2.45, 2.75) is 39.3 Å². The second-order valence-corrected chi connectivity index (χ2v) is 8.42. The van der Waals surface area contributed by atoms with Crippen molar-refractivity contribution >= 4 is 29.4 Å². The molecule has 2 aromatic heterocycles. The summed E-state index contributed by atoms with van der Waals surface area (Å²) in [5, 5.41) is 23.8. The zero-order chi connectivity index (χ0) is 24.8. The Balaban J connectivity index is 1.69. The maximum absolute atomic E-state index is 13.8. The fourth-order valence-corrected chi connectivity index (χ4v) is 3.90. The third-order valence-electron chi connectivity index (χ3n) is 5.50. The minimum Gasteiger partial charge on any atom is -0.478 e. The van der Waals surface area contributed by atoms with Gasteiger partial charge in [-0.3, -0.25) is 9.69 Å². The van der Waals surface area contributed by atoms with Crippen LogP contribution in [0, 0.1) is 0 Å². The van der Waals surface area contributed by atoms with Gasteiger partial charge >= 0.3 is 5.97 Å². The number of carboxylic acid groups (broad SMARTS) is 1. The largest absolute Gasteiger partial charge is 0.478 e. The maximum Gasteiger partial charge on any atom is 0.335 e. The number of benzene rings is 2. The first-order valence-corrected chi connectivity index (χ1v) is 11.5. The molecule has 0 spiro atoms. The summed E-state index contributed by atoms with van der Waals surface area (Å²) in [6, 6.07) is 13.8. The van der Waals surface area contributed by atoms with Crippen LogP contribution in [0.1, 0.15) is 57.6 Å². The monoisotopic (exact) mass is 493 g/mol. The zero-order valence-corrected chi connectivity index (χ0v) is 19.8. The Morgan fingerprint density at radius 1 is 1.14 bits per heavy atom. The number of aromatic amines is 1. The SMILES string of the molecule is CCCCc1ncc(C(=O)N(Cc2cccc(Cl)c2)c2nn[nH]n2)n1Cc1ccc(C(=O)O)cc1. The van der Waals surface area contributed by atoms with E-state index in [1.807, 2.05) is 16.7 Å². The number of H-pyrrole nitrogens is 1. The average Bonchev–Trinajstić information content (AvgIpc) is 3.52. The number of rotatable bonds is 10. The summed E-state index contributed by atoms with van der Waals surface area (Å²) in [5.41, 5.74) is 2.22. The van der Waals surface area contributed by atoms with E-state index in [4.69, 9.17) is 11.6 Å². The molecule has 0 unspecified atom stereocenters. The summed E-state index contributed by atoms with van der Waals surface area (Å²) in [6.07, 6.45) is 4.16. The van der Waals surface area contributed by atoms with Gasteiger partial charge in [0.1, 0.15) is 11.5 Å². The van der Waals surface area contributed by atoms with E-state index < -0.39 is 5.97 Å². The molecule has 35 heavy (non-hydrogen) atoms. The second-order valence-electron chi connectivity index (χ2n) is 7.98. The van der Waals surface area contributed by atoms with Crippen LogP contribution in [0.4, 0.5) is 5.95 Å². The molecule has 0 radical (unpaired) electrons. The minimum absolute atomic E-state index is 0.128. The number of tetrazole rings is 1. The molecule has 0 aliphatic rings. The van der Waals surface area contributed by atoms with Crippen molar-refractivity contribution in [2.75, 3.05) is 4.90 Å². The molecule has 0 aliphatic carbocycles. The topological polar surface area (TPSA) is 130 Å². The van der Waals surface area contributed by atoms with Crippen LogP contribution >= 0.6 is 11.6 Å². The van der Waals surface area contributed by atoms with Crippen LogP contribution in [-0.4, -0.2) is 47.2 Å². The van der Waals surface area contributed by atoms with Crippen molar-refractivity contribution in [2.24, 2.45) is 0 Å². The molecule has 2 aromatic carbocycles. The first-order valence-electron chi connectivity index (χ1n) is 11.1. The number of hydrogen-bond donors (Lipinski definition) is 2. The summed E-state index contributed by atoms with van der Waals surface area (Å²) >= 11 is 6.14. The third kappa shape index (κ3) is 5.72.